The minimum Gasteiger partial charge on any atom is -0.456 e. The number of fused-ring (bicyclic) bond motifs is 3. The molecule has 0 fully saturated rings. The Bertz CT molecular complexity index is 2590. The summed E-state index contributed by atoms with van der Waals surface area (Å²) < 4.78 is 11.1. The van der Waals surface area contributed by atoms with Crippen LogP contribution in [0, 0.1) is 0 Å². The third-order valence-electron chi connectivity index (χ3n) is 9.00. The molecule has 0 atom stereocenters. The van der Waals surface area contributed by atoms with Gasteiger partial charge in [0.25, 0.3) is 0 Å². The number of para-hydroxylation sites is 2. The highest BCUT2D eigenvalue weighted by Crippen LogP contribution is 2.53. The SMILES string of the molecule is c1ccc(-c2c3c4c(cccc4n2-c2nc4ccccc4c[n+]2-c2ccccc2)-c2cccc4oc5cccc-3c5c24)cc1. The van der Waals surface area contributed by atoms with Gasteiger partial charge in [0.15, 0.2) is 5.52 Å². The number of hydrogen-bond donors (Lipinski definition) is 0. The fourth-order valence-electron chi connectivity index (χ4n) is 7.20. The van der Waals surface area contributed by atoms with Crippen LogP contribution in [0.2, 0.25) is 0 Å². The van der Waals surface area contributed by atoms with Crippen molar-refractivity contribution in [3.8, 4) is 45.1 Å². The molecule has 1 aliphatic carbocycles. The standard InChI is InChI=1S/C40H24N3O/c1-3-12-25(13-4-1)39-38-30-19-11-23-34-37(30)36-29(18-10-22-33(36)44-34)28-17-9-21-32(35(28)38)43(39)40-41-31-20-8-7-14-26(31)24-42(40)27-15-5-2-6-16-27/h1-24H/q+1. The van der Waals surface area contributed by atoms with Crippen LogP contribution in [-0.4, -0.2) is 9.55 Å². The van der Waals surface area contributed by atoms with E-state index in [1.807, 2.05) is 0 Å². The van der Waals surface area contributed by atoms with Crippen molar-refractivity contribution >= 4 is 43.7 Å². The Labute approximate surface area is 252 Å². The summed E-state index contributed by atoms with van der Waals surface area (Å²) in [5, 5.41) is 4.64. The van der Waals surface area contributed by atoms with Crippen molar-refractivity contribution in [3.63, 3.8) is 0 Å². The number of furan rings is 1. The second-order valence-electron chi connectivity index (χ2n) is 11.4. The number of aromatic nitrogens is 3. The first-order chi connectivity index (χ1) is 21.8. The molecule has 0 unspecified atom stereocenters. The Morgan fingerprint density at radius 3 is 1.98 bits per heavy atom. The van der Waals surface area contributed by atoms with E-state index < -0.39 is 0 Å². The Morgan fingerprint density at radius 1 is 0.545 bits per heavy atom. The number of rotatable bonds is 3. The van der Waals surface area contributed by atoms with Crippen molar-refractivity contribution < 1.29 is 8.98 Å². The molecule has 0 aliphatic heterocycles. The maximum absolute atomic E-state index is 6.46. The molecule has 0 saturated heterocycles. The summed E-state index contributed by atoms with van der Waals surface area (Å²) in [6, 6.07) is 49.1. The first kappa shape index (κ1) is 23.6. The van der Waals surface area contributed by atoms with E-state index in [1.54, 1.807) is 0 Å². The molecule has 0 amide bonds. The van der Waals surface area contributed by atoms with E-state index in [0.29, 0.717) is 0 Å². The molecule has 4 nitrogen and oxygen atoms in total. The van der Waals surface area contributed by atoms with Gasteiger partial charge in [0.05, 0.1) is 6.20 Å². The van der Waals surface area contributed by atoms with Crippen LogP contribution in [-0.2, 0) is 0 Å². The maximum Gasteiger partial charge on any atom is 0.409 e. The fourth-order valence-corrected chi connectivity index (χ4v) is 7.20. The highest BCUT2D eigenvalue weighted by molar-refractivity contribution is 6.27. The van der Waals surface area contributed by atoms with E-state index in [-0.39, 0.29) is 0 Å². The minimum atomic E-state index is 0.834. The van der Waals surface area contributed by atoms with Crippen molar-refractivity contribution in [2.75, 3.05) is 0 Å². The van der Waals surface area contributed by atoms with Crippen LogP contribution in [0.15, 0.2) is 150 Å². The molecule has 0 bridgehead atoms. The van der Waals surface area contributed by atoms with Crippen LogP contribution in [0.25, 0.3) is 88.9 Å². The van der Waals surface area contributed by atoms with Gasteiger partial charge in [0.1, 0.15) is 28.1 Å². The number of nitrogens with zero attached hydrogens (tertiary/aromatic N) is 3. The van der Waals surface area contributed by atoms with Crippen molar-refractivity contribution in [1.82, 2.24) is 9.55 Å². The zero-order valence-corrected chi connectivity index (χ0v) is 23.6. The highest BCUT2D eigenvalue weighted by Gasteiger charge is 2.34. The number of hydrogen-bond acceptors (Lipinski definition) is 2. The molecule has 4 heteroatoms. The molecule has 0 radical (unpaired) electrons. The first-order valence-electron chi connectivity index (χ1n) is 14.9. The molecule has 0 spiro atoms. The Morgan fingerprint density at radius 2 is 1.18 bits per heavy atom. The second-order valence-corrected chi connectivity index (χ2v) is 11.4. The van der Waals surface area contributed by atoms with Gasteiger partial charge in [-0.05, 0) is 59.2 Å². The predicted molar refractivity (Wildman–Crippen MR) is 177 cm³/mol. The number of benzene rings is 6. The first-order valence-corrected chi connectivity index (χ1v) is 14.9. The lowest BCUT2D eigenvalue weighted by atomic mass is 9.95. The Hall–Kier alpha value is -6.00. The topological polar surface area (TPSA) is 34.8 Å². The van der Waals surface area contributed by atoms with Crippen molar-refractivity contribution in [3.05, 3.63) is 146 Å². The molecule has 9 aromatic rings. The zero-order valence-electron chi connectivity index (χ0n) is 23.6. The molecule has 6 aromatic carbocycles. The quantitative estimate of drug-likeness (QED) is 0.201. The minimum absolute atomic E-state index is 0.834. The van der Waals surface area contributed by atoms with Gasteiger partial charge in [-0.2, -0.15) is 4.57 Å². The molecule has 0 saturated carbocycles. The van der Waals surface area contributed by atoms with E-state index in [4.69, 9.17) is 9.40 Å². The van der Waals surface area contributed by atoms with Gasteiger partial charge in [-0.15, -0.1) is 0 Å². The summed E-state index contributed by atoms with van der Waals surface area (Å²) in [4.78, 5) is 5.41. The van der Waals surface area contributed by atoms with Gasteiger partial charge >= 0.3 is 5.95 Å². The summed E-state index contributed by atoms with van der Waals surface area (Å²) in [5.74, 6) is 0.834. The molecular weight excluding hydrogens is 538 g/mol. The van der Waals surface area contributed by atoms with E-state index >= 15 is 0 Å². The molecule has 44 heavy (non-hydrogen) atoms. The smallest absolute Gasteiger partial charge is 0.409 e. The average Bonchev–Trinajstić information content (AvgIpc) is 3.61. The van der Waals surface area contributed by atoms with Gasteiger partial charge in [0, 0.05) is 32.7 Å². The van der Waals surface area contributed by atoms with Crippen LogP contribution >= 0.6 is 0 Å². The highest BCUT2D eigenvalue weighted by atomic mass is 16.3. The summed E-state index contributed by atoms with van der Waals surface area (Å²) in [6.07, 6.45) is 2.21. The molecular formula is C40H24N3O+. The third-order valence-corrected chi connectivity index (χ3v) is 9.00. The van der Waals surface area contributed by atoms with Gasteiger partial charge in [-0.1, -0.05) is 102 Å². The van der Waals surface area contributed by atoms with Crippen LogP contribution in [0.5, 0.6) is 0 Å². The lowest BCUT2D eigenvalue weighted by molar-refractivity contribution is -0.591. The molecule has 10 rings (SSSR count). The lowest BCUT2D eigenvalue weighted by Gasteiger charge is -2.12. The largest absolute Gasteiger partial charge is 0.456 e. The van der Waals surface area contributed by atoms with Crippen LogP contribution in [0.4, 0.5) is 0 Å². The van der Waals surface area contributed by atoms with Crippen molar-refractivity contribution in [1.29, 1.82) is 0 Å². The summed E-state index contributed by atoms with van der Waals surface area (Å²) >= 11 is 0. The van der Waals surface area contributed by atoms with E-state index in [1.165, 1.54) is 33.0 Å². The molecule has 1 aliphatic rings. The van der Waals surface area contributed by atoms with Gasteiger partial charge in [-0.3, -0.25) is 0 Å². The molecule has 3 aromatic heterocycles. The zero-order chi connectivity index (χ0) is 28.8. The van der Waals surface area contributed by atoms with Crippen molar-refractivity contribution in [2.24, 2.45) is 0 Å². The molecule has 3 heterocycles. The summed E-state index contributed by atoms with van der Waals surface area (Å²) in [5.41, 5.74) is 11.9. The lowest BCUT2D eigenvalue weighted by Crippen LogP contribution is -2.37. The Kier molecular flexibility index (Phi) is 4.69. The van der Waals surface area contributed by atoms with Gasteiger partial charge in [0.2, 0.25) is 0 Å². The van der Waals surface area contributed by atoms with E-state index in [9.17, 15) is 0 Å². The summed E-state index contributed by atoms with van der Waals surface area (Å²) in [7, 11) is 0. The third kappa shape index (κ3) is 3.11. The van der Waals surface area contributed by atoms with Crippen LogP contribution in [0.1, 0.15) is 0 Å². The molecule has 204 valence electrons. The second kappa shape index (κ2) is 8.76. The van der Waals surface area contributed by atoms with Gasteiger partial charge < -0.3 is 4.42 Å². The predicted octanol–water partition coefficient (Wildman–Crippen LogP) is 9.67. The summed E-state index contributed by atoms with van der Waals surface area (Å²) in [6.45, 7) is 0. The fraction of sp³-hybridized carbons (Fsp3) is 0. The monoisotopic (exact) mass is 562 g/mol. The normalized spacial score (nSPS) is 12.1. The van der Waals surface area contributed by atoms with E-state index in [0.717, 1.165) is 55.9 Å². The van der Waals surface area contributed by atoms with E-state index in [2.05, 4.69) is 155 Å². The Balaban J connectivity index is 1.46. The van der Waals surface area contributed by atoms with Crippen LogP contribution < -0.4 is 4.57 Å². The van der Waals surface area contributed by atoms with Crippen molar-refractivity contribution in [2.45, 2.75) is 0 Å². The maximum atomic E-state index is 6.46. The van der Waals surface area contributed by atoms with Crippen LogP contribution in [0.3, 0.4) is 0 Å². The molecule has 0 N–H and O–H groups in total. The average molecular weight is 563 g/mol. The van der Waals surface area contributed by atoms with Gasteiger partial charge in [-0.25, -0.2) is 4.57 Å².